The van der Waals surface area contributed by atoms with E-state index in [1.165, 1.54) is 0 Å². The first-order valence-corrected chi connectivity index (χ1v) is 7.66. The molecule has 0 amide bonds. The number of thiazole rings is 1. The quantitative estimate of drug-likeness (QED) is 0.596. The lowest BCUT2D eigenvalue weighted by Crippen LogP contribution is -2.21. The molecule has 24 heavy (non-hydrogen) atoms. The number of ether oxygens (including phenoxy) is 1. The SMILES string of the molecule is O=C(c1cnc(-c2ccc(Oc3ccccc3)cc2)s1)C(F)(F)F. The van der Waals surface area contributed by atoms with Crippen LogP contribution in [0.5, 0.6) is 11.5 Å². The van der Waals surface area contributed by atoms with Crippen LogP contribution in [0.2, 0.25) is 0 Å². The van der Waals surface area contributed by atoms with E-state index in [4.69, 9.17) is 4.74 Å². The van der Waals surface area contributed by atoms with E-state index >= 15 is 0 Å². The van der Waals surface area contributed by atoms with Gasteiger partial charge in [-0.2, -0.15) is 13.2 Å². The molecule has 0 bridgehead atoms. The molecule has 0 atom stereocenters. The molecule has 0 spiro atoms. The van der Waals surface area contributed by atoms with Gasteiger partial charge in [0, 0.05) is 11.8 Å². The summed E-state index contributed by atoms with van der Waals surface area (Å²) in [5.74, 6) is -0.610. The van der Waals surface area contributed by atoms with E-state index in [2.05, 4.69) is 4.98 Å². The summed E-state index contributed by atoms with van der Waals surface area (Å²) in [4.78, 5) is 14.7. The summed E-state index contributed by atoms with van der Waals surface area (Å²) in [7, 11) is 0. The Labute approximate surface area is 139 Å². The molecule has 3 aromatic rings. The van der Waals surface area contributed by atoms with Gasteiger partial charge in [-0.05, 0) is 36.4 Å². The van der Waals surface area contributed by atoms with E-state index in [1.807, 2.05) is 30.3 Å². The molecule has 2 aromatic carbocycles. The van der Waals surface area contributed by atoms with Crippen molar-refractivity contribution in [3.05, 3.63) is 65.7 Å². The number of halogens is 3. The zero-order valence-electron chi connectivity index (χ0n) is 12.1. The smallest absolute Gasteiger partial charge is 0.455 e. The van der Waals surface area contributed by atoms with Crippen molar-refractivity contribution in [3.63, 3.8) is 0 Å². The van der Waals surface area contributed by atoms with Crippen molar-refractivity contribution in [3.8, 4) is 22.1 Å². The number of rotatable bonds is 4. The third-order valence-electron chi connectivity index (χ3n) is 3.07. The highest BCUT2D eigenvalue weighted by molar-refractivity contribution is 7.17. The normalized spacial score (nSPS) is 11.3. The van der Waals surface area contributed by atoms with Crippen molar-refractivity contribution in [1.82, 2.24) is 4.98 Å². The van der Waals surface area contributed by atoms with Crippen molar-refractivity contribution >= 4 is 17.1 Å². The van der Waals surface area contributed by atoms with Crippen LogP contribution in [0.25, 0.3) is 10.6 Å². The first-order valence-electron chi connectivity index (χ1n) is 6.84. The molecule has 0 aliphatic rings. The number of carbonyl (C=O) groups is 1. The highest BCUT2D eigenvalue weighted by atomic mass is 32.1. The number of Topliss-reactive ketones (excluding diaryl/α,β-unsaturated/α-hetero) is 1. The molecule has 3 nitrogen and oxygen atoms in total. The second-order valence-electron chi connectivity index (χ2n) is 4.80. The van der Waals surface area contributed by atoms with Gasteiger partial charge in [0.25, 0.3) is 5.78 Å². The Kier molecular flexibility index (Phi) is 4.35. The molecule has 0 unspecified atom stereocenters. The van der Waals surface area contributed by atoms with E-state index in [0.29, 0.717) is 33.4 Å². The summed E-state index contributed by atoms with van der Waals surface area (Å²) in [5, 5.41) is 0.342. The Morgan fingerprint density at radius 2 is 1.58 bits per heavy atom. The lowest BCUT2D eigenvalue weighted by Gasteiger charge is -2.05. The van der Waals surface area contributed by atoms with Crippen LogP contribution in [0.15, 0.2) is 60.8 Å². The third-order valence-corrected chi connectivity index (χ3v) is 4.11. The molecule has 0 radical (unpaired) electrons. The zero-order chi connectivity index (χ0) is 17.2. The minimum absolute atomic E-state index is 0.342. The van der Waals surface area contributed by atoms with E-state index < -0.39 is 16.8 Å². The summed E-state index contributed by atoms with van der Waals surface area (Å²) < 4.78 is 42.9. The number of aromatic nitrogens is 1. The van der Waals surface area contributed by atoms with Crippen LogP contribution in [-0.2, 0) is 0 Å². The average Bonchev–Trinajstić information content (AvgIpc) is 3.05. The Morgan fingerprint density at radius 3 is 2.21 bits per heavy atom. The van der Waals surface area contributed by atoms with Gasteiger partial charge >= 0.3 is 6.18 Å². The number of hydrogen-bond donors (Lipinski definition) is 0. The lowest BCUT2D eigenvalue weighted by molar-refractivity contribution is -0.0882. The Morgan fingerprint density at radius 1 is 0.958 bits per heavy atom. The predicted octanol–water partition coefficient (Wildman–Crippen LogP) is 5.35. The number of carbonyl (C=O) groups excluding carboxylic acids is 1. The molecule has 0 saturated carbocycles. The molecular weight excluding hydrogens is 339 g/mol. The highest BCUT2D eigenvalue weighted by Gasteiger charge is 2.40. The molecule has 0 N–H and O–H groups in total. The van der Waals surface area contributed by atoms with Gasteiger partial charge in [0.2, 0.25) is 0 Å². The third kappa shape index (κ3) is 3.62. The number of ketones is 1. The summed E-state index contributed by atoms with van der Waals surface area (Å²) >= 11 is 0.709. The second kappa shape index (κ2) is 6.45. The maximum atomic E-state index is 12.4. The van der Waals surface area contributed by atoms with Gasteiger partial charge in [0.1, 0.15) is 21.4 Å². The molecule has 122 valence electrons. The minimum Gasteiger partial charge on any atom is -0.457 e. The van der Waals surface area contributed by atoms with Crippen molar-refractivity contribution < 1.29 is 22.7 Å². The molecule has 3 rings (SSSR count). The number of hydrogen-bond acceptors (Lipinski definition) is 4. The van der Waals surface area contributed by atoms with Crippen LogP contribution in [0, 0.1) is 0 Å². The summed E-state index contributed by atoms with van der Waals surface area (Å²) in [6.07, 6.45) is -3.94. The molecular formula is C17H10F3NO2S. The number of alkyl halides is 3. The van der Waals surface area contributed by atoms with Crippen molar-refractivity contribution in [2.45, 2.75) is 6.18 Å². The fourth-order valence-corrected chi connectivity index (χ4v) is 2.82. The van der Waals surface area contributed by atoms with Crippen molar-refractivity contribution in [1.29, 1.82) is 0 Å². The first-order chi connectivity index (χ1) is 11.4. The molecule has 7 heteroatoms. The van der Waals surface area contributed by atoms with E-state index in [9.17, 15) is 18.0 Å². The van der Waals surface area contributed by atoms with Gasteiger partial charge in [-0.3, -0.25) is 4.79 Å². The van der Waals surface area contributed by atoms with Gasteiger partial charge < -0.3 is 4.74 Å². The van der Waals surface area contributed by atoms with Crippen LogP contribution in [0.4, 0.5) is 13.2 Å². The monoisotopic (exact) mass is 349 g/mol. The largest absolute Gasteiger partial charge is 0.457 e. The highest BCUT2D eigenvalue weighted by Crippen LogP contribution is 2.31. The number of nitrogens with zero attached hydrogens (tertiary/aromatic N) is 1. The lowest BCUT2D eigenvalue weighted by atomic mass is 10.2. The molecule has 0 aliphatic carbocycles. The van der Waals surface area contributed by atoms with E-state index in [0.717, 1.165) is 6.20 Å². The molecule has 0 saturated heterocycles. The van der Waals surface area contributed by atoms with Crippen LogP contribution in [0.3, 0.4) is 0 Å². The van der Waals surface area contributed by atoms with Crippen LogP contribution in [-0.4, -0.2) is 16.9 Å². The van der Waals surface area contributed by atoms with Gasteiger partial charge in [0.15, 0.2) is 0 Å². The van der Waals surface area contributed by atoms with E-state index in [-0.39, 0.29) is 0 Å². The Balaban J connectivity index is 1.77. The van der Waals surface area contributed by atoms with E-state index in [1.54, 1.807) is 24.3 Å². The number of para-hydroxylation sites is 1. The van der Waals surface area contributed by atoms with Gasteiger partial charge in [0.05, 0.1) is 0 Å². The predicted molar refractivity (Wildman–Crippen MR) is 84.5 cm³/mol. The standard InChI is InChI=1S/C17H10F3NO2S/c18-17(19,20)15(22)14-10-21-16(24-14)11-6-8-13(9-7-11)23-12-4-2-1-3-5-12/h1-10H. The average molecular weight is 349 g/mol. The maximum Gasteiger partial charge on any atom is 0.455 e. The molecule has 1 aromatic heterocycles. The van der Waals surface area contributed by atoms with Gasteiger partial charge in [-0.1, -0.05) is 18.2 Å². The Bertz CT molecular complexity index is 842. The summed E-state index contributed by atoms with van der Waals surface area (Å²) in [6, 6.07) is 15.9. The van der Waals surface area contributed by atoms with Gasteiger partial charge in [-0.25, -0.2) is 4.98 Å². The molecule has 1 heterocycles. The zero-order valence-corrected chi connectivity index (χ0v) is 12.9. The maximum absolute atomic E-state index is 12.4. The second-order valence-corrected chi connectivity index (χ2v) is 5.83. The Hall–Kier alpha value is -2.67. The summed E-state index contributed by atoms with van der Waals surface area (Å²) in [5.41, 5.74) is 0.613. The fourth-order valence-electron chi connectivity index (χ4n) is 1.94. The minimum atomic E-state index is -4.89. The summed E-state index contributed by atoms with van der Waals surface area (Å²) in [6.45, 7) is 0. The van der Waals surface area contributed by atoms with Crippen LogP contribution >= 0.6 is 11.3 Å². The number of benzene rings is 2. The first kappa shape index (κ1) is 16.2. The topological polar surface area (TPSA) is 39.2 Å². The fraction of sp³-hybridized carbons (Fsp3) is 0.0588. The molecule has 0 aliphatic heterocycles. The van der Waals surface area contributed by atoms with Crippen LogP contribution < -0.4 is 4.74 Å². The van der Waals surface area contributed by atoms with Crippen molar-refractivity contribution in [2.24, 2.45) is 0 Å². The van der Waals surface area contributed by atoms with Crippen molar-refractivity contribution in [2.75, 3.05) is 0 Å². The van der Waals surface area contributed by atoms with Crippen LogP contribution in [0.1, 0.15) is 9.67 Å². The van der Waals surface area contributed by atoms with Gasteiger partial charge in [-0.15, -0.1) is 11.3 Å². The molecule has 0 fully saturated rings.